The van der Waals surface area contributed by atoms with E-state index in [0.29, 0.717) is 28.5 Å². The van der Waals surface area contributed by atoms with Crippen molar-refractivity contribution >= 4 is 39.1 Å². The van der Waals surface area contributed by atoms with E-state index in [9.17, 15) is 18.0 Å². The lowest BCUT2D eigenvalue weighted by molar-refractivity contribution is -0.136. The SMILES string of the molecule is CC(C)CNC(=O)C(=O)Nc1c2c(nn1-c1cccc(Cl)c1)CS(=O)(=O)C2. The predicted molar refractivity (Wildman–Crippen MR) is 101 cm³/mol. The van der Waals surface area contributed by atoms with Crippen molar-refractivity contribution in [3.63, 3.8) is 0 Å². The number of carbonyl (C=O) groups excluding carboxylic acids is 2. The number of halogens is 1. The summed E-state index contributed by atoms with van der Waals surface area (Å²) in [5, 5.41) is 9.82. The quantitative estimate of drug-likeness (QED) is 0.745. The molecule has 3 rings (SSSR count). The second kappa shape index (κ2) is 7.32. The Kier molecular flexibility index (Phi) is 5.25. The maximum Gasteiger partial charge on any atom is 0.314 e. The number of nitrogens with one attached hydrogen (secondary N) is 2. The molecule has 0 saturated heterocycles. The van der Waals surface area contributed by atoms with Crippen LogP contribution in [0.3, 0.4) is 0 Å². The zero-order chi connectivity index (χ0) is 19.8. The molecule has 1 aliphatic heterocycles. The van der Waals surface area contributed by atoms with Gasteiger partial charge in [0, 0.05) is 17.1 Å². The summed E-state index contributed by atoms with van der Waals surface area (Å²) in [5.74, 6) is -1.78. The second-order valence-corrected chi connectivity index (χ2v) is 9.26. The summed E-state index contributed by atoms with van der Waals surface area (Å²) >= 11 is 6.03. The van der Waals surface area contributed by atoms with E-state index in [1.807, 2.05) is 13.8 Å². The van der Waals surface area contributed by atoms with Crippen LogP contribution in [0, 0.1) is 5.92 Å². The number of amides is 2. The van der Waals surface area contributed by atoms with Crippen molar-refractivity contribution in [1.82, 2.24) is 15.1 Å². The molecule has 0 spiro atoms. The van der Waals surface area contributed by atoms with Crippen LogP contribution in [-0.4, -0.2) is 36.6 Å². The zero-order valence-electron chi connectivity index (χ0n) is 14.8. The van der Waals surface area contributed by atoms with Gasteiger partial charge >= 0.3 is 11.8 Å². The number of aromatic nitrogens is 2. The van der Waals surface area contributed by atoms with Gasteiger partial charge < -0.3 is 10.6 Å². The number of rotatable bonds is 4. The molecule has 0 atom stereocenters. The maximum atomic E-state index is 12.3. The number of hydrogen-bond donors (Lipinski definition) is 2. The van der Waals surface area contributed by atoms with Crippen molar-refractivity contribution in [3.8, 4) is 5.69 Å². The van der Waals surface area contributed by atoms with Gasteiger partial charge in [-0.05, 0) is 24.1 Å². The molecule has 1 aliphatic rings. The molecule has 1 aromatic heterocycles. The third kappa shape index (κ3) is 4.30. The highest BCUT2D eigenvalue weighted by Crippen LogP contribution is 2.33. The highest BCUT2D eigenvalue weighted by molar-refractivity contribution is 7.90. The number of hydrogen-bond acceptors (Lipinski definition) is 5. The fraction of sp³-hybridized carbons (Fsp3) is 0.353. The molecule has 144 valence electrons. The van der Waals surface area contributed by atoms with Crippen LogP contribution in [0.5, 0.6) is 0 Å². The molecule has 8 nitrogen and oxygen atoms in total. The number of fused-ring (bicyclic) bond motifs is 1. The van der Waals surface area contributed by atoms with Crippen LogP contribution in [0.15, 0.2) is 24.3 Å². The van der Waals surface area contributed by atoms with Crippen LogP contribution >= 0.6 is 11.6 Å². The van der Waals surface area contributed by atoms with Gasteiger partial charge in [-0.3, -0.25) is 9.59 Å². The van der Waals surface area contributed by atoms with Crippen LogP contribution in [0.1, 0.15) is 25.1 Å². The van der Waals surface area contributed by atoms with Crippen molar-refractivity contribution in [2.24, 2.45) is 5.92 Å². The average molecular weight is 411 g/mol. The topological polar surface area (TPSA) is 110 Å². The monoisotopic (exact) mass is 410 g/mol. The van der Waals surface area contributed by atoms with E-state index in [-0.39, 0.29) is 23.2 Å². The Bertz CT molecular complexity index is 1010. The molecule has 2 aromatic rings. The molecule has 0 aliphatic carbocycles. The summed E-state index contributed by atoms with van der Waals surface area (Å²) in [4.78, 5) is 24.3. The van der Waals surface area contributed by atoms with E-state index in [4.69, 9.17) is 11.6 Å². The molecule has 0 bridgehead atoms. The molecule has 2 heterocycles. The number of anilines is 1. The third-order valence-corrected chi connectivity index (χ3v) is 5.63. The Morgan fingerprint density at radius 1 is 1.26 bits per heavy atom. The molecular weight excluding hydrogens is 392 g/mol. The van der Waals surface area contributed by atoms with Crippen molar-refractivity contribution in [3.05, 3.63) is 40.5 Å². The fourth-order valence-corrected chi connectivity index (χ4v) is 4.39. The van der Waals surface area contributed by atoms with Gasteiger partial charge in [-0.1, -0.05) is 31.5 Å². The standard InChI is InChI=1S/C17H19ClN4O4S/c1-10(2)7-19-16(23)17(24)20-15-13-8-27(25,26)9-14(13)21-22(15)12-5-3-4-11(18)6-12/h3-6,10H,7-9H2,1-2H3,(H,19,23)(H,20,24). The first-order valence-electron chi connectivity index (χ1n) is 8.32. The summed E-state index contributed by atoms with van der Waals surface area (Å²) in [6.07, 6.45) is 0. The van der Waals surface area contributed by atoms with Crippen molar-refractivity contribution in [2.75, 3.05) is 11.9 Å². The van der Waals surface area contributed by atoms with Crippen LogP contribution in [-0.2, 0) is 30.9 Å². The van der Waals surface area contributed by atoms with E-state index in [1.165, 1.54) is 4.68 Å². The Hall–Kier alpha value is -2.39. The normalized spacial score (nSPS) is 14.8. The van der Waals surface area contributed by atoms with Gasteiger partial charge in [0.25, 0.3) is 0 Å². The van der Waals surface area contributed by atoms with Gasteiger partial charge in [-0.25, -0.2) is 13.1 Å². The van der Waals surface area contributed by atoms with Gasteiger partial charge in [0.05, 0.1) is 22.9 Å². The lowest BCUT2D eigenvalue weighted by Crippen LogP contribution is -2.37. The molecular formula is C17H19ClN4O4S. The lowest BCUT2D eigenvalue weighted by Gasteiger charge is -2.12. The van der Waals surface area contributed by atoms with Gasteiger partial charge in [0.15, 0.2) is 9.84 Å². The van der Waals surface area contributed by atoms with E-state index in [2.05, 4.69) is 15.7 Å². The van der Waals surface area contributed by atoms with E-state index in [0.717, 1.165) is 0 Å². The van der Waals surface area contributed by atoms with E-state index < -0.39 is 21.7 Å². The minimum Gasteiger partial charge on any atom is -0.348 e. The van der Waals surface area contributed by atoms with Crippen molar-refractivity contribution in [2.45, 2.75) is 25.4 Å². The van der Waals surface area contributed by atoms with Crippen LogP contribution in [0.2, 0.25) is 5.02 Å². The summed E-state index contributed by atoms with van der Waals surface area (Å²) < 4.78 is 25.3. The molecule has 1 aromatic carbocycles. The second-order valence-electron chi connectivity index (χ2n) is 6.76. The minimum atomic E-state index is -3.32. The minimum absolute atomic E-state index is 0.165. The highest BCUT2D eigenvalue weighted by Gasteiger charge is 2.33. The molecule has 0 radical (unpaired) electrons. The van der Waals surface area contributed by atoms with E-state index in [1.54, 1.807) is 24.3 Å². The molecule has 2 amide bonds. The van der Waals surface area contributed by atoms with Gasteiger partial charge in [-0.2, -0.15) is 5.10 Å². The molecule has 27 heavy (non-hydrogen) atoms. The first-order valence-corrected chi connectivity index (χ1v) is 10.5. The summed E-state index contributed by atoms with van der Waals surface area (Å²) in [7, 11) is -3.32. The first-order chi connectivity index (χ1) is 12.7. The summed E-state index contributed by atoms with van der Waals surface area (Å²) in [6, 6.07) is 6.75. The van der Waals surface area contributed by atoms with E-state index >= 15 is 0 Å². The first kappa shape index (κ1) is 19.4. The molecule has 0 unspecified atom stereocenters. The van der Waals surface area contributed by atoms with Gasteiger partial charge in [0.1, 0.15) is 5.82 Å². The molecule has 10 heteroatoms. The van der Waals surface area contributed by atoms with Gasteiger partial charge in [-0.15, -0.1) is 0 Å². The number of carbonyl (C=O) groups is 2. The van der Waals surface area contributed by atoms with Gasteiger partial charge in [0.2, 0.25) is 0 Å². The molecule has 0 fully saturated rings. The van der Waals surface area contributed by atoms with Crippen LogP contribution < -0.4 is 10.6 Å². The Balaban J connectivity index is 1.95. The van der Waals surface area contributed by atoms with Crippen LogP contribution in [0.4, 0.5) is 5.82 Å². The lowest BCUT2D eigenvalue weighted by atomic mass is 10.2. The smallest absolute Gasteiger partial charge is 0.314 e. The third-order valence-electron chi connectivity index (χ3n) is 3.95. The Morgan fingerprint density at radius 2 is 2.00 bits per heavy atom. The number of sulfone groups is 1. The summed E-state index contributed by atoms with van der Waals surface area (Å²) in [5.41, 5.74) is 1.29. The van der Waals surface area contributed by atoms with Crippen LogP contribution in [0.25, 0.3) is 5.69 Å². The average Bonchev–Trinajstić information content (AvgIpc) is 3.05. The Labute approximate surface area is 161 Å². The summed E-state index contributed by atoms with van der Waals surface area (Å²) in [6.45, 7) is 4.17. The maximum absolute atomic E-state index is 12.3. The predicted octanol–water partition coefficient (Wildman–Crippen LogP) is 1.66. The largest absolute Gasteiger partial charge is 0.348 e. The molecule has 0 saturated carbocycles. The number of benzene rings is 1. The number of nitrogens with zero attached hydrogens (tertiary/aromatic N) is 2. The van der Waals surface area contributed by atoms with Crippen molar-refractivity contribution in [1.29, 1.82) is 0 Å². The fourth-order valence-electron chi connectivity index (χ4n) is 2.71. The van der Waals surface area contributed by atoms with Crippen molar-refractivity contribution < 1.29 is 18.0 Å². The molecule has 2 N–H and O–H groups in total. The Morgan fingerprint density at radius 3 is 2.67 bits per heavy atom. The zero-order valence-corrected chi connectivity index (χ0v) is 16.4. The highest BCUT2D eigenvalue weighted by atomic mass is 35.5.